The van der Waals surface area contributed by atoms with E-state index in [1.807, 2.05) is 24.3 Å². The van der Waals surface area contributed by atoms with Crippen molar-refractivity contribution in [3.05, 3.63) is 62.4 Å². The first-order valence-electron chi connectivity index (χ1n) is 7.68. The Morgan fingerprint density at radius 1 is 1.17 bits per heavy atom. The van der Waals surface area contributed by atoms with Crippen LogP contribution in [0.4, 0.5) is 0 Å². The number of fused-ring (bicyclic) bond motifs is 1. The third-order valence-electron chi connectivity index (χ3n) is 4.37. The Balaban J connectivity index is 2.03. The van der Waals surface area contributed by atoms with Gasteiger partial charge in [-0.3, -0.25) is 9.36 Å². The first-order valence-corrected chi connectivity index (χ1v) is 9.16. The van der Waals surface area contributed by atoms with Crippen LogP contribution in [0, 0.1) is 0 Å². The molecule has 128 valence electrons. The molecular formula is C16H19N3O4S. The maximum atomic E-state index is 12.7. The van der Waals surface area contributed by atoms with Crippen molar-refractivity contribution in [3.63, 3.8) is 0 Å². The molecule has 0 saturated carbocycles. The Morgan fingerprint density at radius 3 is 2.62 bits per heavy atom. The zero-order valence-electron chi connectivity index (χ0n) is 13.5. The second-order valence-electron chi connectivity index (χ2n) is 6.02. The Morgan fingerprint density at radius 2 is 1.88 bits per heavy atom. The van der Waals surface area contributed by atoms with Gasteiger partial charge >= 0.3 is 5.69 Å². The van der Waals surface area contributed by atoms with Crippen LogP contribution in [0.25, 0.3) is 0 Å². The standard InChI is InChI=1S/C16H19N3O4S/c1-18-10-14(15(20)19(2)16(18)21)24(22,23)17-13-9-5-7-11-6-3-4-8-12(11)13/h3-4,6,8,10,13,17H,5,7,9H2,1-2H3/t13-/m1/s1. The molecule has 0 radical (unpaired) electrons. The molecule has 1 aromatic heterocycles. The van der Waals surface area contributed by atoms with E-state index in [0.29, 0.717) is 6.42 Å². The number of nitrogens with zero attached hydrogens (tertiary/aromatic N) is 2. The van der Waals surface area contributed by atoms with E-state index in [1.54, 1.807) is 0 Å². The molecule has 0 aliphatic heterocycles. The molecule has 0 saturated heterocycles. The Labute approximate surface area is 139 Å². The normalized spacial score (nSPS) is 17.5. The van der Waals surface area contributed by atoms with Crippen LogP contribution in [-0.2, 0) is 30.5 Å². The molecule has 0 bridgehead atoms. The number of benzene rings is 1. The summed E-state index contributed by atoms with van der Waals surface area (Å²) in [7, 11) is -1.36. The van der Waals surface area contributed by atoms with Crippen molar-refractivity contribution >= 4 is 10.0 Å². The lowest BCUT2D eigenvalue weighted by Crippen LogP contribution is -2.42. The summed E-state index contributed by atoms with van der Waals surface area (Å²) >= 11 is 0. The lowest BCUT2D eigenvalue weighted by atomic mass is 9.88. The van der Waals surface area contributed by atoms with Gasteiger partial charge in [0.25, 0.3) is 5.56 Å². The van der Waals surface area contributed by atoms with Gasteiger partial charge in [0.15, 0.2) is 4.90 Å². The number of aryl methyl sites for hydroxylation is 2. The summed E-state index contributed by atoms with van der Waals surface area (Å²) < 4.78 is 29.9. The van der Waals surface area contributed by atoms with Gasteiger partial charge in [0.2, 0.25) is 10.0 Å². The monoisotopic (exact) mass is 349 g/mol. The fraction of sp³-hybridized carbons (Fsp3) is 0.375. The van der Waals surface area contributed by atoms with Crippen LogP contribution in [-0.4, -0.2) is 17.6 Å². The summed E-state index contributed by atoms with van der Waals surface area (Å²) in [6.45, 7) is 0. The van der Waals surface area contributed by atoms with E-state index < -0.39 is 26.2 Å². The summed E-state index contributed by atoms with van der Waals surface area (Å²) in [6, 6.07) is 7.32. The number of sulfonamides is 1. The molecule has 1 aromatic carbocycles. The third-order valence-corrected chi connectivity index (χ3v) is 5.83. The summed E-state index contributed by atoms with van der Waals surface area (Å²) in [5.74, 6) is 0. The minimum absolute atomic E-state index is 0.373. The smallest absolute Gasteiger partial charge is 0.302 e. The first kappa shape index (κ1) is 16.7. The van der Waals surface area contributed by atoms with E-state index in [9.17, 15) is 18.0 Å². The molecule has 1 N–H and O–H groups in total. The van der Waals surface area contributed by atoms with Crippen molar-refractivity contribution in [2.75, 3.05) is 0 Å². The van der Waals surface area contributed by atoms with Gasteiger partial charge in [-0.05, 0) is 30.4 Å². The highest BCUT2D eigenvalue weighted by molar-refractivity contribution is 7.89. The zero-order valence-corrected chi connectivity index (χ0v) is 14.3. The quantitative estimate of drug-likeness (QED) is 0.871. The highest BCUT2D eigenvalue weighted by Crippen LogP contribution is 2.30. The molecule has 1 aliphatic rings. The van der Waals surface area contributed by atoms with Gasteiger partial charge in [-0.2, -0.15) is 0 Å². The minimum Gasteiger partial charge on any atom is -0.302 e. The maximum Gasteiger partial charge on any atom is 0.330 e. The second-order valence-corrected chi connectivity index (χ2v) is 7.70. The van der Waals surface area contributed by atoms with Crippen molar-refractivity contribution in [2.45, 2.75) is 30.2 Å². The Bertz CT molecular complexity index is 1000. The van der Waals surface area contributed by atoms with Gasteiger partial charge in [0.05, 0.1) is 0 Å². The molecule has 2 aromatic rings. The molecule has 8 heteroatoms. The third kappa shape index (κ3) is 2.83. The van der Waals surface area contributed by atoms with Crippen molar-refractivity contribution in [3.8, 4) is 0 Å². The molecule has 1 aliphatic carbocycles. The average Bonchev–Trinajstić information content (AvgIpc) is 2.56. The summed E-state index contributed by atoms with van der Waals surface area (Å²) in [6.07, 6.45) is 3.52. The van der Waals surface area contributed by atoms with Crippen LogP contribution in [0.2, 0.25) is 0 Å². The molecule has 0 unspecified atom stereocenters. The molecule has 1 atom stereocenters. The SMILES string of the molecule is Cn1cc(S(=O)(=O)N[C@@H]2CCCc3ccccc32)c(=O)n(C)c1=O. The Kier molecular flexibility index (Phi) is 4.18. The van der Waals surface area contributed by atoms with Crippen LogP contribution in [0.3, 0.4) is 0 Å². The predicted molar refractivity (Wildman–Crippen MR) is 89.4 cm³/mol. The topological polar surface area (TPSA) is 90.2 Å². The minimum atomic E-state index is -4.04. The predicted octanol–water partition coefficient (Wildman–Crippen LogP) is 0.440. The van der Waals surface area contributed by atoms with Crippen LogP contribution in [0.1, 0.15) is 30.0 Å². The van der Waals surface area contributed by atoms with E-state index in [1.165, 1.54) is 14.1 Å². The number of aromatic nitrogens is 2. The van der Waals surface area contributed by atoms with E-state index in [2.05, 4.69) is 4.72 Å². The van der Waals surface area contributed by atoms with Crippen LogP contribution in [0.15, 0.2) is 44.9 Å². The fourth-order valence-corrected chi connectivity index (χ4v) is 4.50. The maximum absolute atomic E-state index is 12.7. The summed E-state index contributed by atoms with van der Waals surface area (Å²) in [4.78, 5) is 23.5. The van der Waals surface area contributed by atoms with Gasteiger partial charge in [-0.25, -0.2) is 17.9 Å². The molecule has 7 nitrogen and oxygen atoms in total. The number of nitrogens with one attached hydrogen (secondary N) is 1. The highest BCUT2D eigenvalue weighted by atomic mass is 32.2. The molecule has 0 fully saturated rings. The summed E-state index contributed by atoms with van der Waals surface area (Å²) in [5.41, 5.74) is 0.662. The van der Waals surface area contributed by atoms with Crippen LogP contribution in [0.5, 0.6) is 0 Å². The second kappa shape index (κ2) is 6.03. The van der Waals surface area contributed by atoms with Crippen molar-refractivity contribution in [1.82, 2.24) is 13.9 Å². The molecule has 0 spiro atoms. The average molecular weight is 349 g/mol. The van der Waals surface area contributed by atoms with Crippen molar-refractivity contribution < 1.29 is 8.42 Å². The highest BCUT2D eigenvalue weighted by Gasteiger charge is 2.28. The van der Waals surface area contributed by atoms with E-state index in [-0.39, 0.29) is 6.04 Å². The van der Waals surface area contributed by atoms with Crippen LogP contribution >= 0.6 is 0 Å². The van der Waals surface area contributed by atoms with E-state index >= 15 is 0 Å². The number of hydrogen-bond acceptors (Lipinski definition) is 4. The molecular weight excluding hydrogens is 330 g/mol. The number of rotatable bonds is 3. The Hall–Kier alpha value is -2.19. The van der Waals surface area contributed by atoms with E-state index in [0.717, 1.165) is 39.3 Å². The molecule has 0 amide bonds. The van der Waals surface area contributed by atoms with E-state index in [4.69, 9.17) is 0 Å². The van der Waals surface area contributed by atoms with Gasteiger partial charge in [0, 0.05) is 26.3 Å². The largest absolute Gasteiger partial charge is 0.330 e. The lowest BCUT2D eigenvalue weighted by molar-refractivity contribution is 0.504. The summed E-state index contributed by atoms with van der Waals surface area (Å²) in [5, 5.41) is 0. The van der Waals surface area contributed by atoms with Gasteiger partial charge in [0.1, 0.15) is 0 Å². The lowest BCUT2D eigenvalue weighted by Gasteiger charge is -2.26. The van der Waals surface area contributed by atoms with Gasteiger partial charge in [-0.1, -0.05) is 24.3 Å². The van der Waals surface area contributed by atoms with Crippen LogP contribution < -0.4 is 16.0 Å². The molecule has 24 heavy (non-hydrogen) atoms. The first-order chi connectivity index (χ1) is 11.3. The number of hydrogen-bond donors (Lipinski definition) is 1. The fourth-order valence-electron chi connectivity index (χ4n) is 3.09. The molecule has 3 rings (SSSR count). The molecule has 1 heterocycles. The van der Waals surface area contributed by atoms with Gasteiger partial charge < -0.3 is 4.57 Å². The zero-order chi connectivity index (χ0) is 17.5. The van der Waals surface area contributed by atoms with Gasteiger partial charge in [-0.15, -0.1) is 0 Å². The van der Waals surface area contributed by atoms with Crippen molar-refractivity contribution in [2.24, 2.45) is 14.1 Å². The van der Waals surface area contributed by atoms with Crippen molar-refractivity contribution in [1.29, 1.82) is 0 Å².